The van der Waals surface area contributed by atoms with Gasteiger partial charge in [0.15, 0.2) is 11.0 Å². The monoisotopic (exact) mass is 560 g/mol. The summed E-state index contributed by atoms with van der Waals surface area (Å²) in [6, 6.07) is 15.8. The van der Waals surface area contributed by atoms with Crippen LogP contribution >= 0.6 is 11.3 Å². The Balaban J connectivity index is 1.50. The van der Waals surface area contributed by atoms with E-state index in [2.05, 4.69) is 15.4 Å². The van der Waals surface area contributed by atoms with Crippen molar-refractivity contribution in [2.45, 2.75) is 0 Å². The van der Waals surface area contributed by atoms with Gasteiger partial charge in [0.1, 0.15) is 11.4 Å². The first-order valence-electron chi connectivity index (χ1n) is 11.4. The molecule has 1 unspecified atom stereocenters. The predicted octanol–water partition coefficient (Wildman–Crippen LogP) is 3.70. The number of hydrogen-bond acceptors (Lipinski definition) is 11. The number of ether oxygens (including phenoxy) is 1. The highest BCUT2D eigenvalue weighted by Crippen LogP contribution is 2.36. The van der Waals surface area contributed by atoms with Crippen LogP contribution in [0.2, 0.25) is 0 Å². The minimum absolute atomic E-state index is 0.105. The molecule has 0 aliphatic carbocycles. The molecule has 0 spiro atoms. The summed E-state index contributed by atoms with van der Waals surface area (Å²) in [6.07, 6.45) is 0. The second kappa shape index (κ2) is 10.3. The number of carbonyl (C=O) groups is 3. The van der Waals surface area contributed by atoms with E-state index in [1.165, 1.54) is 7.11 Å². The van der Waals surface area contributed by atoms with Crippen LogP contribution in [0, 0.1) is 26.1 Å². The van der Waals surface area contributed by atoms with Crippen LogP contribution < -0.4 is 15.1 Å². The lowest BCUT2D eigenvalue weighted by atomic mass is 9.92. The Labute approximate surface area is 227 Å². The lowest BCUT2D eigenvalue weighted by Crippen LogP contribution is -2.39. The molecule has 3 aromatic carbocycles. The average Bonchev–Trinajstić information content (AvgIpc) is 3.51. The number of nitro groups is 2. The van der Waals surface area contributed by atoms with Gasteiger partial charge in [-0.05, 0) is 29.8 Å². The molecule has 2 heterocycles. The lowest BCUT2D eigenvalue weighted by molar-refractivity contribution is -0.393. The standard InChI is InChI=1S/C25H16N6O8S/c1-39-15-8-9-16-19(12-15)40-25(26-16)27-23(33)22(32)20-21(13-5-3-2-4-6-13)28-29(24(20)34)17-10-7-14(30(35)36)11-18(17)31(37)38/h2-12,20H,1H3,(H,26,27,33). The second-order valence-corrected chi connectivity index (χ2v) is 9.32. The molecule has 4 aromatic rings. The zero-order valence-electron chi connectivity index (χ0n) is 20.3. The molecule has 0 saturated heterocycles. The van der Waals surface area contributed by atoms with E-state index in [0.29, 0.717) is 32.6 Å². The van der Waals surface area contributed by atoms with E-state index in [-0.39, 0.29) is 10.8 Å². The largest absolute Gasteiger partial charge is 0.497 e. The molecule has 1 aromatic heterocycles. The van der Waals surface area contributed by atoms with Crippen LogP contribution in [0.1, 0.15) is 5.56 Å². The number of benzene rings is 3. The van der Waals surface area contributed by atoms with Gasteiger partial charge in [-0.25, -0.2) is 4.98 Å². The van der Waals surface area contributed by atoms with E-state index in [1.54, 1.807) is 48.5 Å². The highest BCUT2D eigenvalue weighted by molar-refractivity contribution is 7.22. The summed E-state index contributed by atoms with van der Waals surface area (Å²) in [5, 5.41) is 30.1. The number of amides is 2. The molecule has 15 heteroatoms. The number of nitrogens with zero attached hydrogens (tertiary/aromatic N) is 5. The number of hydrogen-bond donors (Lipinski definition) is 1. The van der Waals surface area contributed by atoms with Gasteiger partial charge < -0.3 is 4.74 Å². The molecule has 14 nitrogen and oxygen atoms in total. The van der Waals surface area contributed by atoms with Crippen LogP contribution in [0.25, 0.3) is 10.2 Å². The van der Waals surface area contributed by atoms with E-state index in [0.717, 1.165) is 23.5 Å². The summed E-state index contributed by atoms with van der Waals surface area (Å²) in [7, 11) is 1.50. The highest BCUT2D eigenvalue weighted by Gasteiger charge is 2.46. The number of methoxy groups -OCH3 is 1. The number of non-ortho nitro benzene ring substituents is 1. The Bertz CT molecular complexity index is 1750. The van der Waals surface area contributed by atoms with Crippen LogP contribution in [0.4, 0.5) is 22.2 Å². The molecule has 0 bridgehead atoms. The van der Waals surface area contributed by atoms with Crippen LogP contribution in [0.3, 0.4) is 0 Å². The predicted molar refractivity (Wildman–Crippen MR) is 144 cm³/mol. The van der Waals surface area contributed by atoms with E-state index in [4.69, 9.17) is 4.74 Å². The van der Waals surface area contributed by atoms with Gasteiger partial charge in [-0.3, -0.25) is 39.9 Å². The first-order chi connectivity index (χ1) is 19.2. The molecule has 1 aliphatic rings. The normalized spacial score (nSPS) is 14.6. The van der Waals surface area contributed by atoms with Gasteiger partial charge in [-0.1, -0.05) is 41.7 Å². The molecule has 200 valence electrons. The number of carbonyl (C=O) groups excluding carboxylic acids is 3. The fraction of sp³-hybridized carbons (Fsp3) is 0.0800. The van der Waals surface area contributed by atoms with Crippen molar-refractivity contribution in [3.8, 4) is 5.75 Å². The Hall–Kier alpha value is -5.57. The molecule has 1 N–H and O–H groups in total. The minimum atomic E-state index is -1.74. The zero-order chi connectivity index (χ0) is 28.6. The summed E-state index contributed by atoms with van der Waals surface area (Å²) in [4.78, 5) is 65.3. The van der Waals surface area contributed by atoms with Gasteiger partial charge in [-0.2, -0.15) is 10.1 Å². The number of fused-ring (bicyclic) bond motifs is 1. The van der Waals surface area contributed by atoms with Crippen molar-refractivity contribution in [1.82, 2.24) is 4.98 Å². The summed E-state index contributed by atoms with van der Waals surface area (Å²) in [6.45, 7) is 0. The van der Waals surface area contributed by atoms with Gasteiger partial charge in [0.2, 0.25) is 5.78 Å². The van der Waals surface area contributed by atoms with Crippen LogP contribution in [0.15, 0.2) is 71.8 Å². The number of ketones is 1. The number of rotatable bonds is 8. The topological polar surface area (TPSA) is 187 Å². The number of thiazole rings is 1. The number of hydrazone groups is 1. The molecule has 40 heavy (non-hydrogen) atoms. The van der Waals surface area contributed by atoms with Gasteiger partial charge in [0.25, 0.3) is 17.5 Å². The van der Waals surface area contributed by atoms with E-state index in [1.807, 2.05) is 0 Å². The van der Waals surface area contributed by atoms with Crippen LogP contribution in [0.5, 0.6) is 5.75 Å². The number of Topliss-reactive ketones (excluding diaryl/α,β-unsaturated/α-hetero) is 1. The Morgan fingerprint density at radius 3 is 2.45 bits per heavy atom. The highest BCUT2D eigenvalue weighted by atomic mass is 32.1. The fourth-order valence-corrected chi connectivity index (χ4v) is 4.91. The summed E-state index contributed by atoms with van der Waals surface area (Å²) < 4.78 is 5.86. The maximum absolute atomic E-state index is 13.5. The third-order valence-electron chi connectivity index (χ3n) is 5.90. The van der Waals surface area contributed by atoms with Gasteiger partial charge in [-0.15, -0.1) is 0 Å². The van der Waals surface area contributed by atoms with E-state index in [9.17, 15) is 34.6 Å². The first-order valence-corrected chi connectivity index (χ1v) is 12.2. The molecular weight excluding hydrogens is 544 g/mol. The van der Waals surface area contributed by atoms with Crippen molar-refractivity contribution in [3.63, 3.8) is 0 Å². The average molecular weight is 561 g/mol. The van der Waals surface area contributed by atoms with Gasteiger partial charge >= 0.3 is 5.69 Å². The van der Waals surface area contributed by atoms with E-state index >= 15 is 0 Å². The molecular formula is C25H16N6O8S. The van der Waals surface area contributed by atoms with Crippen LogP contribution in [-0.4, -0.2) is 45.2 Å². The summed E-state index contributed by atoms with van der Waals surface area (Å²) >= 11 is 1.09. The van der Waals surface area contributed by atoms with Crippen molar-refractivity contribution in [2.75, 3.05) is 17.4 Å². The SMILES string of the molecule is COc1ccc2nc(NC(=O)C(=O)C3C(=O)N(c4ccc([N+](=O)[O-])cc4[N+](=O)[O-])N=C3c3ccccc3)sc2c1. The number of nitro benzene ring substituents is 2. The number of aromatic nitrogens is 1. The van der Waals surface area contributed by atoms with Gasteiger partial charge in [0.05, 0.1) is 39.0 Å². The summed E-state index contributed by atoms with van der Waals surface area (Å²) in [5.41, 5.74) is -0.997. The molecule has 0 fully saturated rings. The minimum Gasteiger partial charge on any atom is -0.497 e. The third kappa shape index (κ3) is 4.71. The zero-order valence-corrected chi connectivity index (χ0v) is 21.2. The van der Waals surface area contributed by atoms with Crippen molar-refractivity contribution >= 4 is 67.1 Å². The molecule has 0 saturated carbocycles. The Morgan fingerprint density at radius 1 is 1.02 bits per heavy atom. The third-order valence-corrected chi connectivity index (χ3v) is 6.84. The van der Waals surface area contributed by atoms with Crippen molar-refractivity contribution < 1.29 is 29.0 Å². The van der Waals surface area contributed by atoms with Crippen molar-refractivity contribution in [2.24, 2.45) is 11.0 Å². The van der Waals surface area contributed by atoms with Gasteiger partial charge in [0, 0.05) is 6.07 Å². The molecule has 1 aliphatic heterocycles. The fourth-order valence-electron chi connectivity index (χ4n) is 4.02. The maximum atomic E-state index is 13.5. The maximum Gasteiger partial charge on any atom is 0.301 e. The molecule has 0 radical (unpaired) electrons. The second-order valence-electron chi connectivity index (χ2n) is 8.29. The number of anilines is 2. The van der Waals surface area contributed by atoms with Crippen molar-refractivity contribution in [1.29, 1.82) is 0 Å². The first kappa shape index (κ1) is 26.1. The van der Waals surface area contributed by atoms with E-state index < -0.39 is 50.4 Å². The van der Waals surface area contributed by atoms with Crippen molar-refractivity contribution in [3.05, 3.63) is 92.5 Å². The molecule has 1 atom stereocenters. The lowest BCUT2D eigenvalue weighted by Gasteiger charge is -2.13. The quantitative estimate of drug-likeness (QED) is 0.145. The van der Waals surface area contributed by atoms with Crippen LogP contribution in [-0.2, 0) is 14.4 Å². The smallest absolute Gasteiger partial charge is 0.301 e. The summed E-state index contributed by atoms with van der Waals surface area (Å²) in [5.74, 6) is -4.52. The Morgan fingerprint density at radius 2 is 1.77 bits per heavy atom. The molecule has 2 amide bonds. The Kier molecular flexibility index (Phi) is 6.71. The number of nitrogens with one attached hydrogen (secondary N) is 1. The molecule has 5 rings (SSSR count).